The summed E-state index contributed by atoms with van der Waals surface area (Å²) in [5.41, 5.74) is 2.68. The number of aromatic nitrogens is 1. The van der Waals surface area contributed by atoms with Crippen molar-refractivity contribution in [2.75, 3.05) is 20.2 Å². The number of aliphatic imine (C=N–C) groups is 1. The summed E-state index contributed by atoms with van der Waals surface area (Å²) in [6.07, 6.45) is 10.2. The molecule has 2 aliphatic heterocycles. The third kappa shape index (κ3) is 4.55. The van der Waals surface area contributed by atoms with Gasteiger partial charge in [0.2, 0.25) is 0 Å². The fraction of sp³-hybridized carbons (Fsp3) is 0.417. The van der Waals surface area contributed by atoms with Crippen molar-refractivity contribution in [2.45, 2.75) is 38.6 Å². The minimum atomic E-state index is 0.0881. The van der Waals surface area contributed by atoms with Crippen LogP contribution in [-0.4, -0.2) is 47.1 Å². The fourth-order valence-corrected chi connectivity index (χ4v) is 4.76. The number of nitrogens with zero attached hydrogens (tertiary/aromatic N) is 4. The zero-order valence-electron chi connectivity index (χ0n) is 17.8. The first kappa shape index (κ1) is 20.3. The number of amidine groups is 1. The first-order valence-electron chi connectivity index (χ1n) is 10.9. The van der Waals surface area contributed by atoms with E-state index in [2.05, 4.69) is 32.4 Å². The lowest BCUT2D eigenvalue weighted by Gasteiger charge is -2.40. The van der Waals surface area contributed by atoms with Gasteiger partial charge in [0.15, 0.2) is 6.29 Å². The van der Waals surface area contributed by atoms with Crippen LogP contribution in [0.25, 0.3) is 0 Å². The maximum Gasteiger partial charge on any atom is 0.159 e. The van der Waals surface area contributed by atoms with Gasteiger partial charge in [-0.15, -0.1) is 0 Å². The van der Waals surface area contributed by atoms with Crippen LogP contribution in [0.1, 0.15) is 30.5 Å². The van der Waals surface area contributed by atoms with Crippen molar-refractivity contribution in [3.8, 4) is 5.75 Å². The third-order valence-electron chi connectivity index (χ3n) is 6.50. The Morgan fingerprint density at radius 1 is 1.26 bits per heavy atom. The van der Waals surface area contributed by atoms with E-state index in [9.17, 15) is 0 Å². The first-order chi connectivity index (χ1) is 15.1. The second-order valence-corrected chi connectivity index (χ2v) is 9.13. The molecule has 162 valence electrons. The van der Waals surface area contributed by atoms with Crippen molar-refractivity contribution < 1.29 is 4.74 Å². The van der Waals surface area contributed by atoms with Gasteiger partial charge in [-0.3, -0.25) is 14.9 Å². The van der Waals surface area contributed by atoms with Crippen molar-refractivity contribution in [1.29, 1.82) is 0 Å². The standard InChI is InChI=1S/C24H28ClN5O/c1-31-21-6-5-18(14-20(21)25)15-27-22-7-12-29(16-19-4-2-3-11-26-19)23(28-22)30-13-10-24(17-30)8-9-24/h2-7,11-12,14,23H,8-10,13,15-17H2,1H3,(H,27,28). The molecule has 0 radical (unpaired) electrons. The van der Waals surface area contributed by atoms with Gasteiger partial charge in [-0.2, -0.15) is 0 Å². The Morgan fingerprint density at radius 3 is 2.87 bits per heavy atom. The van der Waals surface area contributed by atoms with Crippen LogP contribution in [0.15, 0.2) is 59.9 Å². The monoisotopic (exact) mass is 437 g/mol. The largest absolute Gasteiger partial charge is 0.495 e. The first-order valence-corrected chi connectivity index (χ1v) is 11.2. The zero-order chi connectivity index (χ0) is 21.3. The van der Waals surface area contributed by atoms with E-state index in [1.165, 1.54) is 19.3 Å². The molecule has 1 atom stereocenters. The van der Waals surface area contributed by atoms with Crippen molar-refractivity contribution in [3.05, 3.63) is 71.2 Å². The number of methoxy groups -OCH3 is 1. The van der Waals surface area contributed by atoms with E-state index in [1.54, 1.807) is 7.11 Å². The van der Waals surface area contributed by atoms with Crippen LogP contribution in [0.3, 0.4) is 0 Å². The minimum Gasteiger partial charge on any atom is -0.495 e. The predicted octanol–water partition coefficient (Wildman–Crippen LogP) is 4.03. The molecule has 6 nitrogen and oxygen atoms in total. The molecule has 2 fully saturated rings. The molecule has 1 aromatic heterocycles. The Kier molecular flexibility index (Phi) is 5.59. The Morgan fingerprint density at radius 2 is 2.16 bits per heavy atom. The van der Waals surface area contributed by atoms with Crippen LogP contribution < -0.4 is 10.1 Å². The Labute approximate surface area is 188 Å². The van der Waals surface area contributed by atoms with Crippen molar-refractivity contribution in [2.24, 2.45) is 10.4 Å². The van der Waals surface area contributed by atoms with Gasteiger partial charge in [-0.25, -0.2) is 0 Å². The van der Waals surface area contributed by atoms with Crippen LogP contribution in [0, 0.1) is 5.41 Å². The van der Waals surface area contributed by atoms with Gasteiger partial charge in [0, 0.05) is 25.5 Å². The summed E-state index contributed by atoms with van der Waals surface area (Å²) in [5.74, 6) is 1.58. The normalized spacial score (nSPS) is 23.4. The van der Waals surface area contributed by atoms with Crippen molar-refractivity contribution in [1.82, 2.24) is 20.1 Å². The average molecular weight is 438 g/mol. The van der Waals surface area contributed by atoms with E-state index in [4.69, 9.17) is 21.3 Å². The molecule has 7 heteroatoms. The van der Waals surface area contributed by atoms with Gasteiger partial charge >= 0.3 is 0 Å². The van der Waals surface area contributed by atoms with Crippen LogP contribution in [0.5, 0.6) is 5.75 Å². The second kappa shape index (κ2) is 8.52. The molecule has 1 aliphatic carbocycles. The number of pyridine rings is 1. The quantitative estimate of drug-likeness (QED) is 0.739. The SMILES string of the molecule is COc1ccc(CN=C2C=CN(Cc3ccccn3)C(N3CCC4(CC4)C3)N2)cc1Cl. The molecule has 1 N–H and O–H groups in total. The molecule has 0 bridgehead atoms. The van der Waals surface area contributed by atoms with Crippen LogP contribution >= 0.6 is 11.6 Å². The van der Waals surface area contributed by atoms with Gasteiger partial charge in [-0.05, 0) is 60.6 Å². The zero-order valence-corrected chi connectivity index (χ0v) is 18.6. The van der Waals surface area contributed by atoms with Crippen LogP contribution in [0.4, 0.5) is 0 Å². The topological polar surface area (TPSA) is 53.0 Å². The Bertz CT molecular complexity index is 989. The maximum atomic E-state index is 6.27. The Hall–Kier alpha value is -2.57. The molecule has 3 heterocycles. The van der Waals surface area contributed by atoms with E-state index in [0.29, 0.717) is 22.7 Å². The number of nitrogens with one attached hydrogen (secondary N) is 1. The predicted molar refractivity (Wildman–Crippen MR) is 123 cm³/mol. The number of hydrogen-bond donors (Lipinski definition) is 1. The smallest absolute Gasteiger partial charge is 0.159 e. The van der Waals surface area contributed by atoms with Crippen LogP contribution in [0.2, 0.25) is 5.02 Å². The summed E-state index contributed by atoms with van der Waals surface area (Å²) in [7, 11) is 1.62. The highest BCUT2D eigenvalue weighted by Crippen LogP contribution is 2.53. The Balaban J connectivity index is 1.33. The van der Waals surface area contributed by atoms with Gasteiger partial charge in [0.1, 0.15) is 11.6 Å². The second-order valence-electron chi connectivity index (χ2n) is 8.72. The molecule has 2 aromatic rings. The van der Waals surface area contributed by atoms with Crippen molar-refractivity contribution in [3.63, 3.8) is 0 Å². The van der Waals surface area contributed by atoms with E-state index in [0.717, 1.165) is 36.7 Å². The number of rotatable bonds is 6. The molecular formula is C24H28ClN5O. The molecule has 1 unspecified atom stereocenters. The van der Waals surface area contributed by atoms with E-state index >= 15 is 0 Å². The summed E-state index contributed by atoms with van der Waals surface area (Å²) in [6, 6.07) is 11.9. The summed E-state index contributed by atoms with van der Waals surface area (Å²) in [6.45, 7) is 3.59. The van der Waals surface area contributed by atoms with Crippen molar-refractivity contribution >= 4 is 17.4 Å². The minimum absolute atomic E-state index is 0.0881. The summed E-state index contributed by atoms with van der Waals surface area (Å²) >= 11 is 6.27. The molecule has 5 rings (SSSR count). The molecule has 1 saturated carbocycles. The highest BCUT2D eigenvalue weighted by molar-refractivity contribution is 6.32. The maximum absolute atomic E-state index is 6.27. The number of benzene rings is 1. The average Bonchev–Trinajstić information content (AvgIpc) is 3.42. The molecule has 1 aromatic carbocycles. The lowest BCUT2D eigenvalue weighted by atomic mass is 10.1. The van der Waals surface area contributed by atoms with Crippen LogP contribution in [-0.2, 0) is 13.1 Å². The third-order valence-corrected chi connectivity index (χ3v) is 6.80. The highest BCUT2D eigenvalue weighted by atomic mass is 35.5. The van der Waals surface area contributed by atoms with Gasteiger partial charge in [-0.1, -0.05) is 23.7 Å². The van der Waals surface area contributed by atoms with E-state index in [1.807, 2.05) is 42.6 Å². The number of halogens is 1. The molecular weight excluding hydrogens is 410 g/mol. The molecule has 1 spiro atoms. The highest BCUT2D eigenvalue weighted by Gasteiger charge is 2.49. The lowest BCUT2D eigenvalue weighted by Crippen LogP contribution is -2.57. The molecule has 31 heavy (non-hydrogen) atoms. The van der Waals surface area contributed by atoms with Gasteiger partial charge in [0.05, 0.1) is 30.9 Å². The molecule has 3 aliphatic rings. The molecule has 0 amide bonds. The fourth-order valence-electron chi connectivity index (χ4n) is 4.48. The number of likely N-dealkylation sites (tertiary alicyclic amines) is 1. The summed E-state index contributed by atoms with van der Waals surface area (Å²) in [5, 5.41) is 4.28. The molecule has 1 saturated heterocycles. The number of ether oxygens (including phenoxy) is 1. The summed E-state index contributed by atoms with van der Waals surface area (Å²) in [4.78, 5) is 14.2. The van der Waals surface area contributed by atoms with E-state index in [-0.39, 0.29) is 6.29 Å². The summed E-state index contributed by atoms with van der Waals surface area (Å²) < 4.78 is 5.24. The van der Waals surface area contributed by atoms with Gasteiger partial charge in [0.25, 0.3) is 0 Å². The van der Waals surface area contributed by atoms with Gasteiger partial charge < -0.3 is 15.0 Å². The van der Waals surface area contributed by atoms with E-state index < -0.39 is 0 Å². The number of hydrogen-bond acceptors (Lipinski definition) is 5. The lowest BCUT2D eigenvalue weighted by molar-refractivity contribution is 0.0716.